The Morgan fingerprint density at radius 3 is 2.96 bits per heavy atom. The highest BCUT2D eigenvalue weighted by Crippen LogP contribution is 2.37. The van der Waals surface area contributed by atoms with E-state index >= 15 is 0 Å². The fourth-order valence-electron chi connectivity index (χ4n) is 3.21. The molecule has 8 heteroatoms. The molecule has 0 bridgehead atoms. The van der Waals surface area contributed by atoms with Crippen LogP contribution in [-0.4, -0.2) is 35.0 Å². The quantitative estimate of drug-likeness (QED) is 0.829. The molecule has 7 nitrogen and oxygen atoms in total. The zero-order valence-electron chi connectivity index (χ0n) is 15.9. The maximum atomic E-state index is 12.5. The summed E-state index contributed by atoms with van der Waals surface area (Å²) in [5, 5.41) is 13.0. The van der Waals surface area contributed by atoms with Gasteiger partial charge in [-0.05, 0) is 31.0 Å². The van der Waals surface area contributed by atoms with Gasteiger partial charge >= 0.3 is 6.09 Å². The first kappa shape index (κ1) is 19.8. The Bertz CT molecular complexity index is 904. The van der Waals surface area contributed by atoms with Crippen LogP contribution in [0, 0.1) is 11.3 Å². The van der Waals surface area contributed by atoms with Crippen molar-refractivity contribution in [1.29, 1.82) is 5.26 Å². The Morgan fingerprint density at radius 1 is 1.46 bits per heavy atom. The van der Waals surface area contributed by atoms with E-state index in [-0.39, 0.29) is 24.3 Å². The number of rotatable bonds is 5. The third-order valence-corrected chi connectivity index (χ3v) is 5.76. The van der Waals surface area contributed by atoms with Crippen LogP contribution in [-0.2, 0) is 22.5 Å². The first-order valence-electron chi connectivity index (χ1n) is 9.20. The van der Waals surface area contributed by atoms with Crippen molar-refractivity contribution in [3.05, 3.63) is 46.1 Å². The monoisotopic (exact) mass is 398 g/mol. The number of nitrogens with zero attached hydrogens (tertiary/aromatic N) is 3. The van der Waals surface area contributed by atoms with Gasteiger partial charge in [-0.15, -0.1) is 11.3 Å². The van der Waals surface area contributed by atoms with Gasteiger partial charge in [0, 0.05) is 35.7 Å². The van der Waals surface area contributed by atoms with Gasteiger partial charge in [0.05, 0.1) is 18.7 Å². The number of pyridine rings is 1. The van der Waals surface area contributed by atoms with Crippen LogP contribution >= 0.6 is 11.3 Å². The Hall–Kier alpha value is -2.92. The average Bonchev–Trinajstić information content (AvgIpc) is 3.04. The standard InChI is InChI=1S/C20H22N4O3S/c1-3-27-20(26)24-9-7-14-15(11-21)19(28-17(14)12-24)23-18(25)10-13(2)16-6-4-5-8-22-16/h4-6,8,13H,3,7,9-10,12H2,1-2H3,(H,23,25)/t13-/m0/s1. The van der Waals surface area contributed by atoms with Crippen LogP contribution in [0.3, 0.4) is 0 Å². The normalized spacial score (nSPS) is 14.0. The zero-order valence-corrected chi connectivity index (χ0v) is 16.7. The molecule has 1 N–H and O–H groups in total. The van der Waals surface area contributed by atoms with Gasteiger partial charge in [-0.25, -0.2) is 4.79 Å². The Labute approximate surface area is 167 Å². The first-order valence-corrected chi connectivity index (χ1v) is 10.0. The summed E-state index contributed by atoms with van der Waals surface area (Å²) >= 11 is 1.36. The minimum atomic E-state index is -0.352. The fraction of sp³-hybridized carbons (Fsp3) is 0.400. The Balaban J connectivity index is 1.71. The number of amides is 2. The number of ether oxygens (including phenoxy) is 1. The molecule has 146 valence electrons. The summed E-state index contributed by atoms with van der Waals surface area (Å²) in [5.74, 6) is -0.184. The predicted molar refractivity (Wildman–Crippen MR) is 106 cm³/mol. The number of nitriles is 1. The molecule has 2 aromatic rings. The van der Waals surface area contributed by atoms with Crippen molar-refractivity contribution in [1.82, 2.24) is 9.88 Å². The van der Waals surface area contributed by atoms with Crippen LogP contribution in [0.1, 0.15) is 47.9 Å². The van der Waals surface area contributed by atoms with Gasteiger partial charge in [0.25, 0.3) is 0 Å². The summed E-state index contributed by atoms with van der Waals surface area (Å²) < 4.78 is 5.06. The van der Waals surface area contributed by atoms with E-state index in [4.69, 9.17) is 4.74 Å². The lowest BCUT2D eigenvalue weighted by Gasteiger charge is -2.25. The van der Waals surface area contributed by atoms with Crippen molar-refractivity contribution in [2.45, 2.75) is 39.2 Å². The second kappa shape index (κ2) is 8.85. The van der Waals surface area contributed by atoms with Crippen molar-refractivity contribution < 1.29 is 14.3 Å². The topological polar surface area (TPSA) is 95.3 Å². The SMILES string of the molecule is CCOC(=O)N1CCc2c(sc(NC(=O)C[C@H](C)c3ccccn3)c2C#N)C1. The van der Waals surface area contributed by atoms with E-state index in [9.17, 15) is 14.9 Å². The highest BCUT2D eigenvalue weighted by Gasteiger charge is 2.28. The Kier molecular flexibility index (Phi) is 6.26. The lowest BCUT2D eigenvalue weighted by atomic mass is 10.0. The molecule has 0 aliphatic carbocycles. The second-order valence-electron chi connectivity index (χ2n) is 6.60. The molecule has 1 aliphatic rings. The van der Waals surface area contributed by atoms with Crippen LogP contribution in [0.5, 0.6) is 0 Å². The smallest absolute Gasteiger partial charge is 0.410 e. The van der Waals surface area contributed by atoms with Crippen LogP contribution in [0.15, 0.2) is 24.4 Å². The molecule has 0 unspecified atom stereocenters. The number of hydrogen-bond acceptors (Lipinski definition) is 6. The average molecular weight is 398 g/mol. The number of nitrogens with one attached hydrogen (secondary N) is 1. The number of hydrogen-bond donors (Lipinski definition) is 1. The third-order valence-electron chi connectivity index (χ3n) is 4.63. The van der Waals surface area contributed by atoms with Crippen LogP contribution in [0.4, 0.5) is 9.80 Å². The van der Waals surface area contributed by atoms with E-state index < -0.39 is 0 Å². The molecular formula is C20H22N4O3S. The molecule has 0 fully saturated rings. The van der Waals surface area contributed by atoms with Crippen LogP contribution in [0.25, 0.3) is 0 Å². The van der Waals surface area contributed by atoms with E-state index in [0.29, 0.717) is 36.7 Å². The summed E-state index contributed by atoms with van der Waals surface area (Å²) in [5.41, 5.74) is 2.28. The highest BCUT2D eigenvalue weighted by atomic mass is 32.1. The fourth-order valence-corrected chi connectivity index (χ4v) is 4.44. The molecule has 3 heterocycles. The van der Waals surface area contributed by atoms with Crippen molar-refractivity contribution in [3.8, 4) is 6.07 Å². The predicted octanol–water partition coefficient (Wildman–Crippen LogP) is 3.66. The number of anilines is 1. The number of aromatic nitrogens is 1. The molecule has 1 atom stereocenters. The Morgan fingerprint density at radius 2 is 2.29 bits per heavy atom. The highest BCUT2D eigenvalue weighted by molar-refractivity contribution is 7.16. The molecule has 0 aromatic carbocycles. The lowest BCUT2D eigenvalue weighted by Crippen LogP contribution is -2.35. The molecule has 0 radical (unpaired) electrons. The molecule has 3 rings (SSSR count). The number of fused-ring (bicyclic) bond motifs is 1. The van der Waals surface area contributed by atoms with Gasteiger partial charge in [-0.1, -0.05) is 13.0 Å². The van der Waals surface area contributed by atoms with Gasteiger partial charge in [-0.2, -0.15) is 5.26 Å². The van der Waals surface area contributed by atoms with Crippen molar-refractivity contribution in [2.24, 2.45) is 0 Å². The van der Waals surface area contributed by atoms with Gasteiger partial charge in [0.1, 0.15) is 11.1 Å². The van der Waals surface area contributed by atoms with Crippen molar-refractivity contribution in [2.75, 3.05) is 18.5 Å². The molecule has 2 aromatic heterocycles. The van der Waals surface area contributed by atoms with E-state index in [1.807, 2.05) is 25.1 Å². The van der Waals surface area contributed by atoms with E-state index in [0.717, 1.165) is 16.1 Å². The molecular weight excluding hydrogens is 376 g/mol. The zero-order chi connectivity index (χ0) is 20.1. The molecule has 0 saturated carbocycles. The summed E-state index contributed by atoms with van der Waals surface area (Å²) in [6, 6.07) is 7.84. The van der Waals surface area contributed by atoms with Crippen molar-refractivity contribution >= 4 is 28.3 Å². The number of carbonyl (C=O) groups is 2. The maximum Gasteiger partial charge on any atom is 0.410 e. The molecule has 2 amide bonds. The summed E-state index contributed by atoms with van der Waals surface area (Å²) in [6.07, 6.45) is 2.21. The molecule has 28 heavy (non-hydrogen) atoms. The number of carbonyl (C=O) groups excluding carboxylic acids is 2. The molecule has 1 aliphatic heterocycles. The van der Waals surface area contributed by atoms with E-state index in [1.54, 1.807) is 18.0 Å². The van der Waals surface area contributed by atoms with E-state index in [1.165, 1.54) is 11.3 Å². The maximum absolute atomic E-state index is 12.5. The summed E-state index contributed by atoms with van der Waals surface area (Å²) in [4.78, 5) is 31.3. The van der Waals surface area contributed by atoms with Crippen LogP contribution in [0.2, 0.25) is 0 Å². The summed E-state index contributed by atoms with van der Waals surface area (Å²) in [6.45, 7) is 4.94. The molecule has 0 saturated heterocycles. The second-order valence-corrected chi connectivity index (χ2v) is 7.70. The minimum absolute atomic E-state index is 0.0272. The lowest BCUT2D eigenvalue weighted by molar-refractivity contribution is -0.116. The first-order chi connectivity index (χ1) is 13.5. The van der Waals surface area contributed by atoms with Gasteiger partial charge in [0.15, 0.2) is 0 Å². The third kappa shape index (κ3) is 4.31. The largest absolute Gasteiger partial charge is 0.450 e. The van der Waals surface area contributed by atoms with Crippen molar-refractivity contribution in [3.63, 3.8) is 0 Å². The van der Waals surface area contributed by atoms with E-state index in [2.05, 4.69) is 16.4 Å². The van der Waals surface area contributed by atoms with Crippen LogP contribution < -0.4 is 5.32 Å². The minimum Gasteiger partial charge on any atom is -0.450 e. The number of thiophene rings is 1. The molecule has 0 spiro atoms. The van der Waals surface area contributed by atoms with Gasteiger partial charge < -0.3 is 15.0 Å². The van der Waals surface area contributed by atoms with Gasteiger partial charge in [0.2, 0.25) is 5.91 Å². The summed E-state index contributed by atoms with van der Waals surface area (Å²) in [7, 11) is 0. The van der Waals surface area contributed by atoms with Gasteiger partial charge in [-0.3, -0.25) is 9.78 Å².